The van der Waals surface area contributed by atoms with Gasteiger partial charge in [-0.1, -0.05) is 37.3 Å². The summed E-state index contributed by atoms with van der Waals surface area (Å²) in [6.45, 7) is 1.82. The molecule has 0 saturated carbocycles. The molecule has 3 aromatic carbocycles. The van der Waals surface area contributed by atoms with Gasteiger partial charge in [0.05, 0.1) is 6.54 Å². The lowest BCUT2D eigenvalue weighted by atomic mass is 10.2. The van der Waals surface area contributed by atoms with Gasteiger partial charge < -0.3 is 21.3 Å². The van der Waals surface area contributed by atoms with Crippen LogP contribution < -0.4 is 21.3 Å². The highest BCUT2D eigenvalue weighted by Crippen LogP contribution is 2.17. The third kappa shape index (κ3) is 6.71. The summed E-state index contributed by atoms with van der Waals surface area (Å²) in [6.07, 6.45) is 0.380. The van der Waals surface area contributed by atoms with Crippen LogP contribution in [0.25, 0.3) is 0 Å². The van der Waals surface area contributed by atoms with Crippen molar-refractivity contribution < 1.29 is 14.4 Å². The van der Waals surface area contributed by atoms with Gasteiger partial charge in [0.1, 0.15) is 0 Å². The van der Waals surface area contributed by atoms with Crippen LogP contribution in [0.2, 0.25) is 0 Å². The summed E-state index contributed by atoms with van der Waals surface area (Å²) in [6, 6.07) is 23.1. The fraction of sp³-hybridized carbons (Fsp3) is 0.125. The summed E-state index contributed by atoms with van der Waals surface area (Å²) in [7, 11) is 0. The first-order valence-corrected chi connectivity index (χ1v) is 9.93. The molecule has 3 aromatic rings. The van der Waals surface area contributed by atoms with E-state index in [1.54, 1.807) is 73.7 Å². The van der Waals surface area contributed by atoms with Gasteiger partial charge >= 0.3 is 0 Å². The fourth-order valence-electron chi connectivity index (χ4n) is 2.81. The third-order valence-electron chi connectivity index (χ3n) is 4.36. The van der Waals surface area contributed by atoms with Crippen LogP contribution in [0.1, 0.15) is 23.7 Å². The van der Waals surface area contributed by atoms with Gasteiger partial charge in [0, 0.05) is 34.7 Å². The van der Waals surface area contributed by atoms with Crippen LogP contribution in [0, 0.1) is 0 Å². The van der Waals surface area contributed by atoms with E-state index in [1.807, 2.05) is 12.1 Å². The van der Waals surface area contributed by atoms with Crippen LogP contribution in [0.4, 0.5) is 22.7 Å². The van der Waals surface area contributed by atoms with E-state index in [-0.39, 0.29) is 24.3 Å². The fourth-order valence-corrected chi connectivity index (χ4v) is 2.81. The van der Waals surface area contributed by atoms with Gasteiger partial charge in [0.2, 0.25) is 11.8 Å². The average molecular weight is 416 g/mol. The van der Waals surface area contributed by atoms with Crippen molar-refractivity contribution in [2.75, 3.05) is 27.8 Å². The summed E-state index contributed by atoms with van der Waals surface area (Å²) >= 11 is 0. The van der Waals surface area contributed by atoms with Crippen molar-refractivity contribution in [2.24, 2.45) is 0 Å². The molecule has 0 spiro atoms. The molecule has 3 amide bonds. The molecule has 4 N–H and O–H groups in total. The molecule has 0 aliphatic rings. The SMILES string of the molecule is CCC(=O)Nc1cccc(NC(=O)CNc2cccc(NC(=O)c3ccccc3)c2)c1. The zero-order chi connectivity index (χ0) is 22.1. The molecule has 0 fully saturated rings. The second-order valence-electron chi connectivity index (χ2n) is 6.79. The van der Waals surface area contributed by atoms with Crippen molar-refractivity contribution in [3.8, 4) is 0 Å². The Labute approximate surface area is 180 Å². The maximum Gasteiger partial charge on any atom is 0.255 e. The van der Waals surface area contributed by atoms with Crippen LogP contribution in [0.5, 0.6) is 0 Å². The summed E-state index contributed by atoms with van der Waals surface area (Å²) in [5, 5.41) is 11.4. The molecule has 0 unspecified atom stereocenters. The van der Waals surface area contributed by atoms with Gasteiger partial charge in [-0.15, -0.1) is 0 Å². The molecule has 0 aliphatic carbocycles. The van der Waals surface area contributed by atoms with Crippen molar-refractivity contribution in [1.29, 1.82) is 0 Å². The highest BCUT2D eigenvalue weighted by molar-refractivity contribution is 6.04. The smallest absolute Gasteiger partial charge is 0.255 e. The average Bonchev–Trinajstić information content (AvgIpc) is 2.78. The molecule has 0 aliphatic heterocycles. The van der Waals surface area contributed by atoms with Crippen molar-refractivity contribution in [2.45, 2.75) is 13.3 Å². The highest BCUT2D eigenvalue weighted by atomic mass is 16.2. The Morgan fingerprint density at radius 1 is 0.645 bits per heavy atom. The molecule has 0 bridgehead atoms. The molecule has 7 heteroatoms. The van der Waals surface area contributed by atoms with Gasteiger partial charge in [-0.25, -0.2) is 0 Å². The molecular weight excluding hydrogens is 392 g/mol. The lowest BCUT2D eigenvalue weighted by Gasteiger charge is -2.11. The van der Waals surface area contributed by atoms with E-state index < -0.39 is 0 Å². The Morgan fingerprint density at radius 3 is 1.84 bits per heavy atom. The van der Waals surface area contributed by atoms with E-state index in [1.165, 1.54) is 0 Å². The maximum atomic E-state index is 12.3. The number of nitrogens with one attached hydrogen (secondary N) is 4. The minimum atomic E-state index is -0.238. The minimum Gasteiger partial charge on any atom is -0.376 e. The Morgan fingerprint density at radius 2 is 1.19 bits per heavy atom. The molecule has 0 radical (unpaired) electrons. The third-order valence-corrected chi connectivity index (χ3v) is 4.36. The number of hydrogen-bond donors (Lipinski definition) is 4. The lowest BCUT2D eigenvalue weighted by Crippen LogP contribution is -2.22. The second-order valence-corrected chi connectivity index (χ2v) is 6.79. The van der Waals surface area contributed by atoms with E-state index in [9.17, 15) is 14.4 Å². The summed E-state index contributed by atoms with van der Waals surface area (Å²) in [4.78, 5) is 36.1. The van der Waals surface area contributed by atoms with Crippen LogP contribution >= 0.6 is 0 Å². The summed E-state index contributed by atoms with van der Waals surface area (Å²) in [5.41, 5.74) is 3.10. The number of benzene rings is 3. The molecule has 0 saturated heterocycles. The number of carbonyl (C=O) groups is 3. The number of carbonyl (C=O) groups excluding carboxylic acids is 3. The second kappa shape index (κ2) is 10.6. The first kappa shape index (κ1) is 21.6. The molecule has 0 atom stereocenters. The standard InChI is InChI=1S/C24H24N4O3/c1-2-22(29)26-19-11-7-12-20(15-19)27-23(30)16-25-18-10-6-13-21(14-18)28-24(31)17-8-4-3-5-9-17/h3-15,25H,2,16H2,1H3,(H,26,29)(H,27,30)(H,28,31). The predicted octanol–water partition coefficient (Wildman–Crippen LogP) is 4.34. The van der Waals surface area contributed by atoms with E-state index >= 15 is 0 Å². The number of rotatable bonds is 8. The van der Waals surface area contributed by atoms with Crippen LogP contribution in [-0.2, 0) is 9.59 Å². The molecule has 0 aromatic heterocycles. The van der Waals surface area contributed by atoms with Crippen molar-refractivity contribution >= 4 is 40.5 Å². The number of amides is 3. The monoisotopic (exact) mass is 416 g/mol. The Bertz CT molecular complexity index is 1070. The molecular formula is C24H24N4O3. The Kier molecular flexibility index (Phi) is 7.37. The zero-order valence-corrected chi connectivity index (χ0v) is 17.1. The van der Waals surface area contributed by atoms with E-state index in [2.05, 4.69) is 21.3 Å². The largest absolute Gasteiger partial charge is 0.376 e. The molecule has 158 valence electrons. The predicted molar refractivity (Wildman–Crippen MR) is 123 cm³/mol. The zero-order valence-electron chi connectivity index (χ0n) is 17.1. The Balaban J connectivity index is 1.54. The van der Waals surface area contributed by atoms with E-state index in [0.717, 1.165) is 0 Å². The molecule has 0 heterocycles. The number of hydrogen-bond acceptors (Lipinski definition) is 4. The summed E-state index contributed by atoms with van der Waals surface area (Å²) < 4.78 is 0. The number of anilines is 4. The van der Waals surface area contributed by atoms with Crippen LogP contribution in [0.15, 0.2) is 78.9 Å². The van der Waals surface area contributed by atoms with E-state index in [4.69, 9.17) is 0 Å². The van der Waals surface area contributed by atoms with Gasteiger partial charge in [-0.3, -0.25) is 14.4 Å². The maximum absolute atomic E-state index is 12.3. The van der Waals surface area contributed by atoms with E-state index in [0.29, 0.717) is 34.7 Å². The Hall–Kier alpha value is -4.13. The van der Waals surface area contributed by atoms with Gasteiger partial charge in [0.15, 0.2) is 0 Å². The summed E-state index contributed by atoms with van der Waals surface area (Å²) in [5.74, 6) is -0.535. The normalized spacial score (nSPS) is 10.1. The first-order chi connectivity index (χ1) is 15.0. The van der Waals surface area contributed by atoms with Crippen molar-refractivity contribution in [3.05, 3.63) is 84.4 Å². The molecule has 3 rings (SSSR count). The van der Waals surface area contributed by atoms with Gasteiger partial charge in [-0.05, 0) is 48.5 Å². The topological polar surface area (TPSA) is 99.3 Å². The lowest BCUT2D eigenvalue weighted by molar-refractivity contribution is -0.116. The van der Waals surface area contributed by atoms with Crippen LogP contribution in [0.3, 0.4) is 0 Å². The van der Waals surface area contributed by atoms with Crippen molar-refractivity contribution in [3.63, 3.8) is 0 Å². The molecule has 7 nitrogen and oxygen atoms in total. The molecule has 31 heavy (non-hydrogen) atoms. The van der Waals surface area contributed by atoms with Gasteiger partial charge in [-0.2, -0.15) is 0 Å². The quantitative estimate of drug-likeness (QED) is 0.439. The van der Waals surface area contributed by atoms with Crippen LogP contribution in [-0.4, -0.2) is 24.3 Å². The van der Waals surface area contributed by atoms with Gasteiger partial charge in [0.25, 0.3) is 5.91 Å². The van der Waals surface area contributed by atoms with Crippen molar-refractivity contribution in [1.82, 2.24) is 0 Å². The first-order valence-electron chi connectivity index (χ1n) is 9.93. The highest BCUT2D eigenvalue weighted by Gasteiger charge is 2.07. The minimum absolute atomic E-state index is 0.0433.